The SMILES string of the molecule is NNC(Cc1ccccn1)C1CC2CC2C1. The fourth-order valence-corrected chi connectivity index (χ4v) is 3.20. The molecule has 2 aliphatic rings. The fraction of sp³-hybridized carbons (Fsp3) is 0.615. The number of nitrogens with one attached hydrogen (secondary N) is 1. The van der Waals surface area contributed by atoms with Gasteiger partial charge in [0.2, 0.25) is 0 Å². The molecule has 2 aliphatic carbocycles. The lowest BCUT2D eigenvalue weighted by Crippen LogP contribution is -2.42. The molecule has 1 heterocycles. The van der Waals surface area contributed by atoms with Gasteiger partial charge >= 0.3 is 0 Å². The van der Waals surface area contributed by atoms with E-state index in [1.165, 1.54) is 19.3 Å². The topological polar surface area (TPSA) is 50.9 Å². The van der Waals surface area contributed by atoms with Gasteiger partial charge in [-0.05, 0) is 49.1 Å². The standard InChI is InChI=1S/C13H19N3/c14-16-13(8-12-3-1-2-4-15-12)11-6-9-5-10(9)7-11/h1-4,9-11,13,16H,5-8,14H2. The van der Waals surface area contributed by atoms with Gasteiger partial charge in [-0.15, -0.1) is 0 Å². The predicted octanol–water partition coefficient (Wildman–Crippen LogP) is 1.50. The molecule has 0 saturated heterocycles. The lowest BCUT2D eigenvalue weighted by Gasteiger charge is -2.23. The van der Waals surface area contributed by atoms with E-state index in [-0.39, 0.29) is 0 Å². The zero-order valence-electron chi connectivity index (χ0n) is 9.47. The van der Waals surface area contributed by atoms with Crippen molar-refractivity contribution in [2.24, 2.45) is 23.6 Å². The molecule has 3 atom stereocenters. The molecule has 0 bridgehead atoms. The van der Waals surface area contributed by atoms with Crippen LogP contribution in [-0.2, 0) is 6.42 Å². The Kier molecular flexibility index (Phi) is 2.65. The van der Waals surface area contributed by atoms with Crippen LogP contribution < -0.4 is 11.3 Å². The van der Waals surface area contributed by atoms with Crippen molar-refractivity contribution in [3.05, 3.63) is 30.1 Å². The summed E-state index contributed by atoms with van der Waals surface area (Å²) in [6.45, 7) is 0. The molecule has 3 unspecified atom stereocenters. The molecule has 1 aromatic heterocycles. The summed E-state index contributed by atoms with van der Waals surface area (Å²) >= 11 is 0. The van der Waals surface area contributed by atoms with E-state index >= 15 is 0 Å². The van der Waals surface area contributed by atoms with Crippen LogP contribution in [0.2, 0.25) is 0 Å². The van der Waals surface area contributed by atoms with E-state index in [2.05, 4.69) is 16.5 Å². The minimum Gasteiger partial charge on any atom is -0.271 e. The van der Waals surface area contributed by atoms with Gasteiger partial charge < -0.3 is 0 Å². The molecule has 86 valence electrons. The van der Waals surface area contributed by atoms with Gasteiger partial charge in [0, 0.05) is 24.4 Å². The second-order valence-electron chi connectivity index (χ2n) is 5.29. The molecule has 16 heavy (non-hydrogen) atoms. The summed E-state index contributed by atoms with van der Waals surface area (Å²) in [5.74, 6) is 8.48. The van der Waals surface area contributed by atoms with Crippen molar-refractivity contribution < 1.29 is 0 Å². The third kappa shape index (κ3) is 1.97. The Hall–Kier alpha value is -0.930. The summed E-state index contributed by atoms with van der Waals surface area (Å²) in [7, 11) is 0. The highest BCUT2D eigenvalue weighted by Crippen LogP contribution is 2.55. The zero-order chi connectivity index (χ0) is 11.0. The molecular weight excluding hydrogens is 198 g/mol. The van der Waals surface area contributed by atoms with Crippen molar-refractivity contribution in [1.29, 1.82) is 0 Å². The van der Waals surface area contributed by atoms with Gasteiger partial charge in [0.25, 0.3) is 0 Å². The number of nitrogens with zero attached hydrogens (tertiary/aromatic N) is 1. The maximum Gasteiger partial charge on any atom is 0.0419 e. The summed E-state index contributed by atoms with van der Waals surface area (Å²) < 4.78 is 0. The average Bonchev–Trinajstić information content (AvgIpc) is 2.94. The first-order valence-corrected chi connectivity index (χ1v) is 6.23. The van der Waals surface area contributed by atoms with Crippen LogP contribution in [0.3, 0.4) is 0 Å². The number of hydrazine groups is 1. The molecule has 0 radical (unpaired) electrons. The molecule has 3 N–H and O–H groups in total. The summed E-state index contributed by atoms with van der Waals surface area (Å²) in [6.07, 6.45) is 7.02. The quantitative estimate of drug-likeness (QED) is 0.593. The van der Waals surface area contributed by atoms with E-state index in [1.54, 1.807) is 0 Å². The van der Waals surface area contributed by atoms with Crippen molar-refractivity contribution in [2.75, 3.05) is 0 Å². The third-order valence-corrected chi connectivity index (χ3v) is 4.22. The number of fused-ring (bicyclic) bond motifs is 1. The van der Waals surface area contributed by atoms with Crippen LogP contribution in [0.5, 0.6) is 0 Å². The monoisotopic (exact) mass is 217 g/mol. The predicted molar refractivity (Wildman–Crippen MR) is 63.4 cm³/mol. The van der Waals surface area contributed by atoms with E-state index in [4.69, 9.17) is 5.84 Å². The Bertz CT molecular complexity index is 341. The Morgan fingerprint density at radius 2 is 2.12 bits per heavy atom. The van der Waals surface area contributed by atoms with Crippen LogP contribution in [0, 0.1) is 17.8 Å². The van der Waals surface area contributed by atoms with Crippen molar-refractivity contribution in [3.63, 3.8) is 0 Å². The van der Waals surface area contributed by atoms with Crippen LogP contribution in [0.25, 0.3) is 0 Å². The first-order chi connectivity index (χ1) is 7.86. The van der Waals surface area contributed by atoms with E-state index in [0.29, 0.717) is 6.04 Å². The van der Waals surface area contributed by atoms with Gasteiger partial charge in [0.15, 0.2) is 0 Å². The molecule has 0 aliphatic heterocycles. The Morgan fingerprint density at radius 1 is 1.31 bits per heavy atom. The van der Waals surface area contributed by atoms with E-state index in [9.17, 15) is 0 Å². The number of nitrogens with two attached hydrogens (primary N) is 1. The van der Waals surface area contributed by atoms with Gasteiger partial charge in [-0.1, -0.05) is 6.07 Å². The molecular formula is C13H19N3. The van der Waals surface area contributed by atoms with Crippen molar-refractivity contribution in [1.82, 2.24) is 10.4 Å². The van der Waals surface area contributed by atoms with Crippen molar-refractivity contribution >= 4 is 0 Å². The van der Waals surface area contributed by atoms with Crippen molar-refractivity contribution in [3.8, 4) is 0 Å². The van der Waals surface area contributed by atoms with Crippen molar-refractivity contribution in [2.45, 2.75) is 31.7 Å². The number of aromatic nitrogens is 1. The number of hydrogen-bond acceptors (Lipinski definition) is 3. The van der Waals surface area contributed by atoms with Gasteiger partial charge in [0.05, 0.1) is 0 Å². The maximum absolute atomic E-state index is 5.68. The van der Waals surface area contributed by atoms with Crippen LogP contribution in [-0.4, -0.2) is 11.0 Å². The largest absolute Gasteiger partial charge is 0.271 e. The number of pyridine rings is 1. The highest BCUT2D eigenvalue weighted by atomic mass is 15.2. The van der Waals surface area contributed by atoms with Crippen LogP contribution >= 0.6 is 0 Å². The second-order valence-corrected chi connectivity index (χ2v) is 5.29. The molecule has 2 saturated carbocycles. The Labute approximate surface area is 96.4 Å². The summed E-state index contributed by atoms with van der Waals surface area (Å²) in [5, 5.41) is 0. The third-order valence-electron chi connectivity index (χ3n) is 4.22. The van der Waals surface area contributed by atoms with Gasteiger partial charge in [-0.2, -0.15) is 0 Å². The minimum atomic E-state index is 0.405. The van der Waals surface area contributed by atoms with Crippen LogP contribution in [0.4, 0.5) is 0 Å². The first kappa shape index (κ1) is 10.2. The lowest BCUT2D eigenvalue weighted by atomic mass is 9.91. The molecule has 0 aromatic carbocycles. The molecule has 1 aromatic rings. The zero-order valence-corrected chi connectivity index (χ0v) is 9.47. The fourth-order valence-electron chi connectivity index (χ4n) is 3.20. The van der Waals surface area contributed by atoms with Gasteiger partial charge in [0.1, 0.15) is 0 Å². The summed E-state index contributed by atoms with van der Waals surface area (Å²) in [4.78, 5) is 4.37. The van der Waals surface area contributed by atoms with E-state index in [0.717, 1.165) is 29.9 Å². The van der Waals surface area contributed by atoms with E-state index in [1.807, 2.05) is 18.3 Å². The minimum absolute atomic E-state index is 0.405. The first-order valence-electron chi connectivity index (χ1n) is 6.23. The lowest BCUT2D eigenvalue weighted by molar-refractivity contribution is 0.334. The highest BCUT2D eigenvalue weighted by molar-refractivity contribution is 5.07. The molecule has 2 fully saturated rings. The summed E-state index contributed by atoms with van der Waals surface area (Å²) in [6, 6.07) is 6.49. The highest BCUT2D eigenvalue weighted by Gasteiger charge is 2.47. The van der Waals surface area contributed by atoms with Crippen LogP contribution in [0.1, 0.15) is 25.0 Å². The second kappa shape index (κ2) is 4.15. The van der Waals surface area contributed by atoms with Gasteiger partial charge in [-0.3, -0.25) is 16.3 Å². The molecule has 3 nitrogen and oxygen atoms in total. The maximum atomic E-state index is 5.68. The van der Waals surface area contributed by atoms with E-state index < -0.39 is 0 Å². The Balaban J connectivity index is 1.63. The normalized spacial score (nSPS) is 33.4. The molecule has 0 spiro atoms. The molecule has 3 heteroatoms. The smallest absolute Gasteiger partial charge is 0.0419 e. The number of rotatable bonds is 4. The summed E-state index contributed by atoms with van der Waals surface area (Å²) in [5.41, 5.74) is 4.14. The molecule has 3 rings (SSSR count). The Morgan fingerprint density at radius 3 is 2.75 bits per heavy atom. The molecule has 0 amide bonds. The average molecular weight is 217 g/mol. The van der Waals surface area contributed by atoms with Gasteiger partial charge in [-0.25, -0.2) is 0 Å². The van der Waals surface area contributed by atoms with Crippen LogP contribution in [0.15, 0.2) is 24.4 Å². The number of hydrogen-bond donors (Lipinski definition) is 2.